The number of amides is 2. The third kappa shape index (κ3) is 4.31. The first-order chi connectivity index (χ1) is 15.4. The number of para-hydroxylation sites is 1. The Kier molecular flexibility index (Phi) is 6.39. The van der Waals surface area contributed by atoms with Crippen molar-refractivity contribution in [3.05, 3.63) is 75.3 Å². The van der Waals surface area contributed by atoms with Crippen molar-refractivity contribution >= 4 is 57.5 Å². The molecule has 8 heteroatoms. The molecule has 0 saturated carbocycles. The molecule has 2 amide bonds. The van der Waals surface area contributed by atoms with Crippen LogP contribution in [0.3, 0.4) is 0 Å². The maximum atomic E-state index is 12.8. The molecule has 1 fully saturated rings. The molecule has 0 N–H and O–H groups in total. The second kappa shape index (κ2) is 9.22. The molecule has 3 aromatic rings. The molecule has 0 radical (unpaired) electrons. The quantitative estimate of drug-likeness (QED) is 0.365. The first kappa shape index (κ1) is 22.2. The van der Waals surface area contributed by atoms with E-state index in [1.54, 1.807) is 13.0 Å². The largest absolute Gasteiger partial charge is 0.465 e. The van der Waals surface area contributed by atoms with E-state index < -0.39 is 17.1 Å². The number of aromatic nitrogens is 1. The maximum absolute atomic E-state index is 12.8. The fourth-order valence-electron chi connectivity index (χ4n) is 3.72. The van der Waals surface area contributed by atoms with E-state index in [0.29, 0.717) is 11.6 Å². The lowest BCUT2D eigenvalue weighted by atomic mass is 10.1. The van der Waals surface area contributed by atoms with Crippen molar-refractivity contribution in [2.75, 3.05) is 13.2 Å². The van der Waals surface area contributed by atoms with Crippen molar-refractivity contribution in [3.8, 4) is 0 Å². The summed E-state index contributed by atoms with van der Waals surface area (Å²) in [5, 5.41) is 1.19. The molecule has 1 aliphatic rings. The van der Waals surface area contributed by atoms with Gasteiger partial charge in [0.05, 0.1) is 11.5 Å². The molecule has 0 spiro atoms. The van der Waals surface area contributed by atoms with Crippen LogP contribution in [0, 0.1) is 6.92 Å². The summed E-state index contributed by atoms with van der Waals surface area (Å²) in [6.07, 6.45) is 1.74. The van der Waals surface area contributed by atoms with E-state index in [1.807, 2.05) is 55.5 Å². The summed E-state index contributed by atoms with van der Waals surface area (Å²) in [4.78, 5) is 38.2. The van der Waals surface area contributed by atoms with E-state index in [-0.39, 0.29) is 18.1 Å². The van der Waals surface area contributed by atoms with Gasteiger partial charge in [0.2, 0.25) is 0 Å². The highest BCUT2D eigenvalue weighted by molar-refractivity contribution is 8.18. The van der Waals surface area contributed by atoms with Crippen LogP contribution in [0.2, 0.25) is 5.02 Å². The zero-order chi connectivity index (χ0) is 22.8. The summed E-state index contributed by atoms with van der Waals surface area (Å²) < 4.78 is 7.05. The van der Waals surface area contributed by atoms with E-state index >= 15 is 0 Å². The number of fused-ring (bicyclic) bond motifs is 1. The number of esters is 1. The van der Waals surface area contributed by atoms with Gasteiger partial charge in [-0.05, 0) is 55.4 Å². The smallest absolute Gasteiger partial charge is 0.326 e. The van der Waals surface area contributed by atoms with Crippen LogP contribution < -0.4 is 0 Å². The topological polar surface area (TPSA) is 68.6 Å². The SMILES string of the molecule is CCOC(=O)CN1C(=O)S/C(=C/c2c(C)n(Cc3ccc(Cl)cc3)c3ccccc23)C1=O. The Morgan fingerprint density at radius 1 is 1.12 bits per heavy atom. The van der Waals surface area contributed by atoms with Crippen molar-refractivity contribution < 1.29 is 19.1 Å². The van der Waals surface area contributed by atoms with Crippen molar-refractivity contribution in [3.63, 3.8) is 0 Å². The van der Waals surface area contributed by atoms with E-state index in [2.05, 4.69) is 4.57 Å². The average molecular weight is 469 g/mol. The predicted octanol–water partition coefficient (Wildman–Crippen LogP) is 5.25. The summed E-state index contributed by atoms with van der Waals surface area (Å²) in [5.41, 5.74) is 3.96. The second-order valence-electron chi connectivity index (χ2n) is 7.30. The Bertz CT molecular complexity index is 1250. The first-order valence-corrected chi connectivity index (χ1v) is 11.3. The van der Waals surface area contributed by atoms with Gasteiger partial charge in [-0.15, -0.1) is 0 Å². The van der Waals surface area contributed by atoms with Crippen molar-refractivity contribution in [2.45, 2.75) is 20.4 Å². The zero-order valence-electron chi connectivity index (χ0n) is 17.6. The summed E-state index contributed by atoms with van der Waals surface area (Å²) in [7, 11) is 0. The number of halogens is 1. The minimum atomic E-state index is -0.605. The lowest BCUT2D eigenvalue weighted by molar-refractivity contribution is -0.145. The fraction of sp³-hybridized carbons (Fsp3) is 0.208. The van der Waals surface area contributed by atoms with Gasteiger partial charge in [0.25, 0.3) is 11.1 Å². The van der Waals surface area contributed by atoms with Gasteiger partial charge in [0.15, 0.2) is 0 Å². The Morgan fingerprint density at radius 2 is 1.84 bits per heavy atom. The lowest BCUT2D eigenvalue weighted by Crippen LogP contribution is -2.34. The van der Waals surface area contributed by atoms with E-state index in [4.69, 9.17) is 16.3 Å². The van der Waals surface area contributed by atoms with Gasteiger partial charge in [0.1, 0.15) is 6.54 Å². The molecule has 2 heterocycles. The van der Waals surface area contributed by atoms with Gasteiger partial charge in [-0.3, -0.25) is 19.3 Å². The van der Waals surface area contributed by atoms with Gasteiger partial charge >= 0.3 is 5.97 Å². The van der Waals surface area contributed by atoms with E-state index in [0.717, 1.165) is 44.4 Å². The number of carbonyl (C=O) groups excluding carboxylic acids is 3. The molecule has 1 aliphatic heterocycles. The number of benzene rings is 2. The highest BCUT2D eigenvalue weighted by atomic mass is 35.5. The normalized spacial score (nSPS) is 15.2. The molecule has 6 nitrogen and oxygen atoms in total. The highest BCUT2D eigenvalue weighted by Crippen LogP contribution is 2.35. The van der Waals surface area contributed by atoms with E-state index in [1.165, 1.54) is 0 Å². The number of ether oxygens (including phenoxy) is 1. The minimum absolute atomic E-state index is 0.192. The molecule has 0 unspecified atom stereocenters. The standard InChI is InChI=1S/C24H21ClN2O4S/c1-3-31-22(28)14-27-23(29)21(32-24(27)30)12-19-15(2)26(20-7-5-4-6-18(19)20)13-16-8-10-17(25)11-9-16/h4-12H,3,13-14H2,1-2H3/b21-12+. The van der Waals surface area contributed by atoms with Crippen molar-refractivity contribution in [2.24, 2.45) is 0 Å². The molecule has 0 bridgehead atoms. The molecule has 1 saturated heterocycles. The van der Waals surface area contributed by atoms with Crippen LogP contribution >= 0.6 is 23.4 Å². The lowest BCUT2D eigenvalue weighted by Gasteiger charge is -2.10. The zero-order valence-corrected chi connectivity index (χ0v) is 19.2. The summed E-state index contributed by atoms with van der Waals surface area (Å²) in [6.45, 7) is 4.12. The summed E-state index contributed by atoms with van der Waals surface area (Å²) in [6, 6.07) is 15.6. The van der Waals surface area contributed by atoms with Crippen molar-refractivity contribution in [1.29, 1.82) is 0 Å². The molecule has 4 rings (SSSR count). The number of imide groups is 1. The first-order valence-electron chi connectivity index (χ1n) is 10.1. The van der Waals surface area contributed by atoms with Gasteiger partial charge in [-0.1, -0.05) is 41.9 Å². The minimum Gasteiger partial charge on any atom is -0.465 e. The van der Waals surface area contributed by atoms with Gasteiger partial charge < -0.3 is 9.30 Å². The van der Waals surface area contributed by atoms with Crippen LogP contribution in [0.5, 0.6) is 0 Å². The Labute approximate surface area is 194 Å². The third-order valence-corrected chi connectivity index (χ3v) is 6.43. The number of carbonyl (C=O) groups is 3. The van der Waals surface area contributed by atoms with Crippen LogP contribution in [0.15, 0.2) is 53.4 Å². The molecule has 0 aliphatic carbocycles. The Morgan fingerprint density at radius 3 is 2.56 bits per heavy atom. The summed E-state index contributed by atoms with van der Waals surface area (Å²) >= 11 is 6.85. The van der Waals surface area contributed by atoms with Gasteiger partial charge in [-0.25, -0.2) is 0 Å². The Hall–Kier alpha value is -3.03. The van der Waals surface area contributed by atoms with Crippen LogP contribution in [0.25, 0.3) is 17.0 Å². The van der Waals surface area contributed by atoms with Gasteiger partial charge in [-0.2, -0.15) is 0 Å². The number of nitrogens with zero attached hydrogens (tertiary/aromatic N) is 2. The molecule has 164 valence electrons. The maximum Gasteiger partial charge on any atom is 0.326 e. The number of rotatable bonds is 6. The van der Waals surface area contributed by atoms with Crippen LogP contribution in [-0.4, -0.2) is 39.7 Å². The molecule has 32 heavy (non-hydrogen) atoms. The molecular weight excluding hydrogens is 448 g/mol. The fourth-order valence-corrected chi connectivity index (χ4v) is 4.67. The molecule has 0 atom stereocenters. The van der Waals surface area contributed by atoms with Crippen LogP contribution in [-0.2, 0) is 20.9 Å². The number of hydrogen-bond acceptors (Lipinski definition) is 5. The van der Waals surface area contributed by atoms with Crippen LogP contribution in [0.4, 0.5) is 4.79 Å². The number of thioether (sulfide) groups is 1. The predicted molar refractivity (Wildman–Crippen MR) is 127 cm³/mol. The Balaban J connectivity index is 1.70. The third-order valence-electron chi connectivity index (χ3n) is 5.28. The van der Waals surface area contributed by atoms with E-state index in [9.17, 15) is 14.4 Å². The molecule has 1 aromatic heterocycles. The van der Waals surface area contributed by atoms with Crippen LogP contribution in [0.1, 0.15) is 23.7 Å². The number of hydrogen-bond donors (Lipinski definition) is 0. The second-order valence-corrected chi connectivity index (χ2v) is 8.73. The van der Waals surface area contributed by atoms with Gasteiger partial charge in [0, 0.05) is 33.7 Å². The molecular formula is C24H21ClN2O4S. The highest BCUT2D eigenvalue weighted by Gasteiger charge is 2.37. The summed E-state index contributed by atoms with van der Waals surface area (Å²) in [5.74, 6) is -1.09. The van der Waals surface area contributed by atoms with Crippen molar-refractivity contribution in [1.82, 2.24) is 9.47 Å². The average Bonchev–Trinajstić information content (AvgIpc) is 3.19. The molecule has 2 aromatic carbocycles. The monoisotopic (exact) mass is 468 g/mol.